The predicted octanol–water partition coefficient (Wildman–Crippen LogP) is 1.61. The fourth-order valence-electron chi connectivity index (χ4n) is 2.56. The summed E-state index contributed by atoms with van der Waals surface area (Å²) < 4.78 is 8.83. The van der Waals surface area contributed by atoms with Crippen LogP contribution in [0.25, 0.3) is 11.0 Å². The van der Waals surface area contributed by atoms with Gasteiger partial charge in [-0.3, -0.25) is 4.79 Å². The van der Waals surface area contributed by atoms with Gasteiger partial charge in [-0.1, -0.05) is 29.1 Å². The summed E-state index contributed by atoms with van der Waals surface area (Å²) in [5, 5.41) is 20.2. The Kier molecular flexibility index (Phi) is 4.88. The first-order chi connectivity index (χ1) is 13.2. The Hall–Kier alpha value is -3.14. The lowest BCUT2D eigenvalue weighted by molar-refractivity contribution is -0.118. The minimum absolute atomic E-state index is 0.0942. The highest BCUT2D eigenvalue weighted by Crippen LogP contribution is 2.17. The Morgan fingerprint density at radius 3 is 2.93 bits per heavy atom. The first kappa shape index (κ1) is 17.3. The van der Waals surface area contributed by atoms with E-state index in [0.717, 1.165) is 16.9 Å². The Bertz CT molecular complexity index is 1050. The molecule has 3 heterocycles. The van der Waals surface area contributed by atoms with E-state index in [9.17, 15) is 4.79 Å². The van der Waals surface area contributed by atoms with Crippen molar-refractivity contribution in [3.05, 3.63) is 54.2 Å². The Balaban J connectivity index is 1.36. The maximum Gasteiger partial charge on any atom is 0.230 e. The van der Waals surface area contributed by atoms with Gasteiger partial charge >= 0.3 is 0 Å². The predicted molar refractivity (Wildman–Crippen MR) is 98.9 cm³/mol. The molecule has 0 atom stereocenters. The zero-order valence-electron chi connectivity index (χ0n) is 14.6. The Morgan fingerprint density at radius 1 is 1.19 bits per heavy atom. The minimum Gasteiger partial charge on any atom is -0.467 e. The number of furan rings is 1. The normalized spacial score (nSPS) is 11.1. The highest BCUT2D eigenvalue weighted by molar-refractivity contribution is 7.99. The number of aromatic nitrogens is 6. The zero-order valence-corrected chi connectivity index (χ0v) is 15.4. The molecule has 4 rings (SSSR count). The van der Waals surface area contributed by atoms with E-state index in [1.165, 1.54) is 11.8 Å². The number of nitrogens with zero attached hydrogens (tertiary/aromatic N) is 6. The second kappa shape index (κ2) is 7.62. The van der Waals surface area contributed by atoms with E-state index in [1.54, 1.807) is 17.0 Å². The second-order valence-corrected chi connectivity index (χ2v) is 6.78. The minimum atomic E-state index is -0.0942. The number of nitrogens with one attached hydrogen (secondary N) is 1. The number of carbonyl (C=O) groups is 1. The number of hydrogen-bond donors (Lipinski definition) is 1. The average molecular weight is 383 g/mol. The van der Waals surface area contributed by atoms with Crippen molar-refractivity contribution in [2.45, 2.75) is 18.2 Å². The van der Waals surface area contributed by atoms with Gasteiger partial charge in [0.25, 0.3) is 0 Å². The maximum atomic E-state index is 12.0. The Morgan fingerprint density at radius 2 is 2.07 bits per heavy atom. The van der Waals surface area contributed by atoms with E-state index in [1.807, 2.05) is 41.9 Å². The summed E-state index contributed by atoms with van der Waals surface area (Å²) >= 11 is 1.33. The Labute approximate surface area is 158 Å². The molecule has 0 radical (unpaired) electrons. The fourth-order valence-corrected chi connectivity index (χ4v) is 3.32. The summed E-state index contributed by atoms with van der Waals surface area (Å²) in [6, 6.07) is 11.4. The van der Waals surface area contributed by atoms with Gasteiger partial charge < -0.3 is 14.3 Å². The van der Waals surface area contributed by atoms with Gasteiger partial charge in [0.05, 0.1) is 24.1 Å². The summed E-state index contributed by atoms with van der Waals surface area (Å²) in [6.45, 7) is 0.824. The van der Waals surface area contributed by atoms with E-state index < -0.39 is 0 Å². The molecule has 1 aromatic carbocycles. The van der Waals surface area contributed by atoms with Crippen molar-refractivity contribution in [2.75, 3.05) is 5.75 Å². The second-order valence-electron chi connectivity index (χ2n) is 5.84. The van der Waals surface area contributed by atoms with Crippen LogP contribution in [0.1, 0.15) is 11.6 Å². The third-order valence-electron chi connectivity index (χ3n) is 4.01. The van der Waals surface area contributed by atoms with Crippen LogP contribution < -0.4 is 5.32 Å². The number of benzene rings is 1. The quantitative estimate of drug-likeness (QED) is 0.484. The van der Waals surface area contributed by atoms with Crippen molar-refractivity contribution in [2.24, 2.45) is 7.05 Å². The van der Waals surface area contributed by atoms with Crippen LogP contribution in [-0.4, -0.2) is 41.4 Å². The van der Waals surface area contributed by atoms with Gasteiger partial charge in [0, 0.05) is 7.05 Å². The van der Waals surface area contributed by atoms with Crippen molar-refractivity contribution in [3.63, 3.8) is 0 Å². The van der Waals surface area contributed by atoms with Gasteiger partial charge in [0.15, 0.2) is 11.0 Å². The zero-order chi connectivity index (χ0) is 18.6. The van der Waals surface area contributed by atoms with E-state index >= 15 is 0 Å². The van der Waals surface area contributed by atoms with E-state index in [4.69, 9.17) is 4.42 Å². The van der Waals surface area contributed by atoms with E-state index in [2.05, 4.69) is 25.8 Å². The van der Waals surface area contributed by atoms with Crippen LogP contribution in [0.2, 0.25) is 0 Å². The van der Waals surface area contributed by atoms with Gasteiger partial charge in [-0.25, -0.2) is 4.68 Å². The van der Waals surface area contributed by atoms with Crippen molar-refractivity contribution in [3.8, 4) is 0 Å². The first-order valence-electron chi connectivity index (χ1n) is 8.29. The number of fused-ring (bicyclic) bond motifs is 1. The molecule has 0 bridgehead atoms. The van der Waals surface area contributed by atoms with Crippen LogP contribution in [0.3, 0.4) is 0 Å². The number of hydrogen-bond acceptors (Lipinski definition) is 7. The fraction of sp³-hybridized carbons (Fsp3) is 0.235. The molecule has 0 spiro atoms. The molecule has 0 unspecified atom stereocenters. The summed E-state index contributed by atoms with van der Waals surface area (Å²) in [4.78, 5) is 12.0. The van der Waals surface area contributed by atoms with Gasteiger partial charge in [-0.05, 0) is 24.3 Å². The highest BCUT2D eigenvalue weighted by atomic mass is 32.2. The molecule has 3 aromatic heterocycles. The molecule has 0 saturated heterocycles. The third-order valence-corrected chi connectivity index (χ3v) is 5.03. The molecule has 4 aromatic rings. The van der Waals surface area contributed by atoms with E-state index in [-0.39, 0.29) is 11.7 Å². The summed E-state index contributed by atoms with van der Waals surface area (Å²) in [7, 11) is 1.87. The largest absolute Gasteiger partial charge is 0.467 e. The molecule has 0 aliphatic heterocycles. The molecule has 0 fully saturated rings. The van der Waals surface area contributed by atoms with Crippen molar-refractivity contribution < 1.29 is 9.21 Å². The van der Waals surface area contributed by atoms with Crippen molar-refractivity contribution >= 4 is 28.7 Å². The maximum absolute atomic E-state index is 12.0. The van der Waals surface area contributed by atoms with Crippen LogP contribution in [-0.2, 0) is 24.9 Å². The molecule has 1 amide bonds. The smallest absolute Gasteiger partial charge is 0.230 e. The molecule has 0 aliphatic rings. The molecule has 0 saturated carbocycles. The third kappa shape index (κ3) is 3.85. The van der Waals surface area contributed by atoms with Crippen LogP contribution in [0.4, 0.5) is 0 Å². The lowest BCUT2D eigenvalue weighted by Crippen LogP contribution is -2.24. The lowest BCUT2D eigenvalue weighted by atomic mass is 10.3. The highest BCUT2D eigenvalue weighted by Gasteiger charge is 2.13. The number of thioether (sulfide) groups is 1. The number of carbonyl (C=O) groups excluding carboxylic acids is 1. The van der Waals surface area contributed by atoms with Crippen LogP contribution >= 0.6 is 11.8 Å². The van der Waals surface area contributed by atoms with Crippen LogP contribution in [0, 0.1) is 0 Å². The lowest BCUT2D eigenvalue weighted by Gasteiger charge is -2.05. The van der Waals surface area contributed by atoms with Gasteiger partial charge in [0.2, 0.25) is 5.91 Å². The standard InChI is InChI=1S/C17H17N7O2S/c1-23-15(10-24-14-7-3-2-6-13(14)19-22-24)20-21-17(23)27-11-16(25)18-9-12-5-4-8-26-12/h2-8H,9-11H2,1H3,(H,18,25). The van der Waals surface area contributed by atoms with Crippen LogP contribution in [0.5, 0.6) is 0 Å². The van der Waals surface area contributed by atoms with Gasteiger partial charge in [0.1, 0.15) is 17.8 Å². The molecule has 9 nitrogen and oxygen atoms in total. The molecular formula is C17H17N7O2S. The van der Waals surface area contributed by atoms with Crippen molar-refractivity contribution in [1.29, 1.82) is 0 Å². The molecule has 138 valence electrons. The molecule has 0 aliphatic carbocycles. The summed E-state index contributed by atoms with van der Waals surface area (Å²) in [5.41, 5.74) is 1.77. The number of para-hydroxylation sites is 1. The average Bonchev–Trinajstić information content (AvgIpc) is 3.41. The summed E-state index contributed by atoms with van der Waals surface area (Å²) in [5.74, 6) is 1.61. The van der Waals surface area contributed by atoms with Crippen molar-refractivity contribution in [1.82, 2.24) is 35.1 Å². The SMILES string of the molecule is Cn1c(Cn2nnc3ccccc32)nnc1SCC(=O)NCc1ccco1. The molecular weight excluding hydrogens is 366 g/mol. The molecule has 1 N–H and O–H groups in total. The number of rotatable bonds is 7. The molecule has 27 heavy (non-hydrogen) atoms. The van der Waals surface area contributed by atoms with Crippen LogP contribution in [0.15, 0.2) is 52.2 Å². The van der Waals surface area contributed by atoms with Gasteiger partial charge in [-0.2, -0.15) is 0 Å². The molecule has 10 heteroatoms. The van der Waals surface area contributed by atoms with E-state index in [0.29, 0.717) is 24.0 Å². The topological polar surface area (TPSA) is 104 Å². The number of amides is 1. The monoisotopic (exact) mass is 383 g/mol. The van der Waals surface area contributed by atoms with Gasteiger partial charge in [-0.15, -0.1) is 15.3 Å². The first-order valence-corrected chi connectivity index (χ1v) is 9.27. The summed E-state index contributed by atoms with van der Waals surface area (Å²) in [6.07, 6.45) is 1.58.